The minimum absolute atomic E-state index is 0.0183. The summed E-state index contributed by atoms with van der Waals surface area (Å²) in [7, 11) is 1.59. The number of imidazole rings is 1. The molecule has 1 unspecified atom stereocenters. The number of nitriles is 1. The second-order valence-electron chi connectivity index (χ2n) is 7.80. The average molecular weight is 432 g/mol. The Hall–Kier alpha value is -3.89. The molecule has 3 aromatic rings. The van der Waals surface area contributed by atoms with E-state index in [2.05, 4.69) is 26.7 Å². The SMILES string of the molecule is CC#CCn1c(N2CCCC(N)C2)nc2c1c(=O)n(Cc1cccnc1C#N)c(=O)n2C. The molecule has 2 N–H and O–H groups in total. The number of pyridine rings is 1. The van der Waals surface area contributed by atoms with Crippen LogP contribution in [0.1, 0.15) is 31.0 Å². The maximum atomic E-state index is 13.5. The summed E-state index contributed by atoms with van der Waals surface area (Å²) >= 11 is 0. The molecular formula is C22H24N8O2. The van der Waals surface area contributed by atoms with Gasteiger partial charge in [0.1, 0.15) is 11.8 Å². The first-order valence-electron chi connectivity index (χ1n) is 10.4. The maximum absolute atomic E-state index is 13.5. The van der Waals surface area contributed by atoms with Gasteiger partial charge in [-0.3, -0.25) is 18.5 Å². The van der Waals surface area contributed by atoms with E-state index in [-0.39, 0.29) is 24.8 Å². The smallest absolute Gasteiger partial charge is 0.332 e. The Morgan fingerprint density at radius 1 is 1.31 bits per heavy atom. The van der Waals surface area contributed by atoms with Crippen LogP contribution in [0.5, 0.6) is 0 Å². The van der Waals surface area contributed by atoms with Gasteiger partial charge >= 0.3 is 5.69 Å². The van der Waals surface area contributed by atoms with Crippen molar-refractivity contribution in [1.29, 1.82) is 5.26 Å². The standard InChI is InChI=1S/C22H24N8O2/c1-3-4-11-29-18-19(26-21(29)28-10-6-8-16(24)14-28)27(2)22(32)30(20(18)31)13-15-7-5-9-25-17(15)12-23/h5,7,9,16H,6,8,10-11,13-14,24H2,1-2H3. The minimum Gasteiger partial charge on any atom is -0.341 e. The lowest BCUT2D eigenvalue weighted by molar-refractivity contribution is 0.496. The molecule has 4 heterocycles. The quantitative estimate of drug-likeness (QED) is 0.582. The normalized spacial score (nSPS) is 15.9. The van der Waals surface area contributed by atoms with Crippen molar-refractivity contribution in [3.05, 3.63) is 50.4 Å². The topological polar surface area (TPSA) is 128 Å². The van der Waals surface area contributed by atoms with Crippen molar-refractivity contribution in [3.8, 4) is 17.9 Å². The summed E-state index contributed by atoms with van der Waals surface area (Å²) in [5.74, 6) is 6.45. The summed E-state index contributed by atoms with van der Waals surface area (Å²) < 4.78 is 4.24. The lowest BCUT2D eigenvalue weighted by Crippen LogP contribution is -2.44. The number of rotatable bonds is 4. The van der Waals surface area contributed by atoms with Crippen molar-refractivity contribution in [3.63, 3.8) is 0 Å². The zero-order valence-corrected chi connectivity index (χ0v) is 18.1. The largest absolute Gasteiger partial charge is 0.341 e. The monoisotopic (exact) mass is 432 g/mol. The van der Waals surface area contributed by atoms with Crippen LogP contribution >= 0.6 is 0 Å². The molecule has 0 spiro atoms. The van der Waals surface area contributed by atoms with E-state index >= 15 is 0 Å². The molecule has 1 atom stereocenters. The highest BCUT2D eigenvalue weighted by molar-refractivity contribution is 5.75. The van der Waals surface area contributed by atoms with Crippen molar-refractivity contribution in [2.75, 3.05) is 18.0 Å². The van der Waals surface area contributed by atoms with E-state index in [0.29, 0.717) is 29.2 Å². The van der Waals surface area contributed by atoms with Crippen LogP contribution in [-0.4, -0.2) is 42.8 Å². The molecule has 3 aromatic heterocycles. The summed E-state index contributed by atoms with van der Waals surface area (Å²) in [5.41, 5.74) is 6.45. The molecule has 10 heteroatoms. The molecule has 0 amide bonds. The van der Waals surface area contributed by atoms with Crippen molar-refractivity contribution in [2.45, 2.75) is 38.9 Å². The van der Waals surface area contributed by atoms with Gasteiger partial charge in [-0.25, -0.2) is 9.78 Å². The van der Waals surface area contributed by atoms with E-state index in [4.69, 9.17) is 5.73 Å². The van der Waals surface area contributed by atoms with E-state index in [1.807, 2.05) is 6.07 Å². The molecule has 164 valence electrons. The van der Waals surface area contributed by atoms with Crippen LogP contribution in [0.3, 0.4) is 0 Å². The van der Waals surface area contributed by atoms with Crippen LogP contribution < -0.4 is 21.9 Å². The Kier molecular flexibility index (Phi) is 5.80. The Balaban J connectivity index is 1.94. The number of anilines is 1. The summed E-state index contributed by atoms with van der Waals surface area (Å²) in [6.45, 7) is 3.31. The van der Waals surface area contributed by atoms with Gasteiger partial charge in [0.2, 0.25) is 5.95 Å². The summed E-state index contributed by atoms with van der Waals surface area (Å²) in [6, 6.07) is 5.38. The zero-order chi connectivity index (χ0) is 22.8. The predicted octanol–water partition coefficient (Wildman–Crippen LogP) is 0.162. The van der Waals surface area contributed by atoms with E-state index < -0.39 is 11.2 Å². The molecule has 1 fully saturated rings. The van der Waals surface area contributed by atoms with E-state index in [1.165, 1.54) is 10.8 Å². The summed E-state index contributed by atoms with van der Waals surface area (Å²) in [4.78, 5) is 37.4. The Bertz CT molecular complexity index is 1400. The number of aromatic nitrogens is 5. The molecule has 10 nitrogen and oxygen atoms in total. The fourth-order valence-electron chi connectivity index (χ4n) is 4.08. The van der Waals surface area contributed by atoms with Gasteiger partial charge in [0.15, 0.2) is 11.2 Å². The van der Waals surface area contributed by atoms with Gasteiger partial charge in [0, 0.05) is 37.9 Å². The van der Waals surface area contributed by atoms with Crippen LogP contribution in [0, 0.1) is 23.2 Å². The third kappa shape index (κ3) is 3.66. The van der Waals surface area contributed by atoms with Crippen molar-refractivity contribution in [2.24, 2.45) is 12.8 Å². The lowest BCUT2D eigenvalue weighted by atomic mass is 10.1. The summed E-state index contributed by atoms with van der Waals surface area (Å²) in [5, 5.41) is 9.34. The Morgan fingerprint density at radius 3 is 2.84 bits per heavy atom. The Labute approximate surface area is 184 Å². The molecule has 0 aliphatic carbocycles. The Morgan fingerprint density at radius 2 is 2.12 bits per heavy atom. The van der Waals surface area contributed by atoms with Crippen molar-refractivity contribution < 1.29 is 0 Å². The van der Waals surface area contributed by atoms with Crippen molar-refractivity contribution >= 4 is 17.1 Å². The van der Waals surface area contributed by atoms with Gasteiger partial charge in [-0.2, -0.15) is 10.2 Å². The third-order valence-corrected chi connectivity index (χ3v) is 5.69. The maximum Gasteiger partial charge on any atom is 0.332 e. The first-order chi connectivity index (χ1) is 15.5. The average Bonchev–Trinajstić information content (AvgIpc) is 3.19. The van der Waals surface area contributed by atoms with Gasteiger partial charge in [-0.05, 0) is 25.8 Å². The highest BCUT2D eigenvalue weighted by atomic mass is 16.2. The molecule has 1 aliphatic heterocycles. The van der Waals surface area contributed by atoms with Crippen LogP contribution in [0.2, 0.25) is 0 Å². The van der Waals surface area contributed by atoms with E-state index in [9.17, 15) is 14.9 Å². The van der Waals surface area contributed by atoms with E-state index in [1.54, 1.807) is 30.7 Å². The van der Waals surface area contributed by atoms with Gasteiger partial charge in [-0.1, -0.05) is 12.0 Å². The molecule has 4 rings (SSSR count). The number of nitrogens with zero attached hydrogens (tertiary/aromatic N) is 7. The first-order valence-corrected chi connectivity index (χ1v) is 10.4. The molecular weight excluding hydrogens is 408 g/mol. The van der Waals surface area contributed by atoms with E-state index in [0.717, 1.165) is 24.0 Å². The van der Waals surface area contributed by atoms with Gasteiger partial charge in [0.25, 0.3) is 5.56 Å². The number of hydrogen-bond donors (Lipinski definition) is 1. The highest BCUT2D eigenvalue weighted by Crippen LogP contribution is 2.23. The number of aryl methyl sites for hydroxylation is 1. The fraction of sp³-hybridized carbons (Fsp3) is 0.409. The minimum atomic E-state index is -0.511. The predicted molar refractivity (Wildman–Crippen MR) is 120 cm³/mol. The molecule has 1 aliphatic rings. The molecule has 0 radical (unpaired) electrons. The molecule has 1 saturated heterocycles. The van der Waals surface area contributed by atoms with Crippen LogP contribution in [-0.2, 0) is 20.1 Å². The van der Waals surface area contributed by atoms with Crippen LogP contribution in [0.4, 0.5) is 5.95 Å². The third-order valence-electron chi connectivity index (χ3n) is 5.69. The fourth-order valence-corrected chi connectivity index (χ4v) is 4.08. The van der Waals surface area contributed by atoms with Crippen LogP contribution in [0.25, 0.3) is 11.2 Å². The summed E-state index contributed by atoms with van der Waals surface area (Å²) in [6.07, 6.45) is 3.36. The van der Waals surface area contributed by atoms with Gasteiger partial charge in [0.05, 0.1) is 13.1 Å². The zero-order valence-electron chi connectivity index (χ0n) is 18.1. The second kappa shape index (κ2) is 8.69. The first kappa shape index (κ1) is 21.3. The number of hydrogen-bond acceptors (Lipinski definition) is 7. The number of piperidine rings is 1. The number of nitrogens with two attached hydrogens (primary N) is 1. The molecule has 0 bridgehead atoms. The molecule has 0 aromatic carbocycles. The van der Waals surface area contributed by atoms with Gasteiger partial charge < -0.3 is 10.6 Å². The van der Waals surface area contributed by atoms with Gasteiger partial charge in [-0.15, -0.1) is 5.92 Å². The second-order valence-corrected chi connectivity index (χ2v) is 7.80. The molecule has 0 saturated carbocycles. The number of fused-ring (bicyclic) bond motifs is 1. The highest BCUT2D eigenvalue weighted by Gasteiger charge is 2.26. The van der Waals surface area contributed by atoms with Crippen LogP contribution in [0.15, 0.2) is 27.9 Å². The lowest BCUT2D eigenvalue weighted by Gasteiger charge is -2.31. The van der Waals surface area contributed by atoms with Crippen molar-refractivity contribution in [1.82, 2.24) is 23.7 Å². The molecule has 32 heavy (non-hydrogen) atoms.